The van der Waals surface area contributed by atoms with Gasteiger partial charge in [0.15, 0.2) is 0 Å². The summed E-state index contributed by atoms with van der Waals surface area (Å²) in [6, 6.07) is 17.6. The number of likely N-dealkylation sites (N-methyl/N-ethyl adjacent to an activating group) is 1. The molecule has 1 heterocycles. The Morgan fingerprint density at radius 2 is 1.70 bits per heavy atom. The van der Waals surface area contributed by atoms with Crippen LogP contribution in [0.15, 0.2) is 54.6 Å². The summed E-state index contributed by atoms with van der Waals surface area (Å²) in [5.74, 6) is 0.352. The molecule has 3 aromatic rings. The average Bonchev–Trinajstić information content (AvgIpc) is 3.21. The Kier molecular flexibility index (Phi) is 5.38. The number of hydrogen-bond acceptors (Lipinski definition) is 4. The maximum absolute atomic E-state index is 13.2. The molecule has 2 aliphatic rings. The molecule has 0 bridgehead atoms. The van der Waals surface area contributed by atoms with Crippen molar-refractivity contribution < 1.29 is 14.3 Å². The third-order valence-electron chi connectivity index (χ3n) is 6.72. The first kappa shape index (κ1) is 21.2. The van der Waals surface area contributed by atoms with E-state index in [0.29, 0.717) is 17.5 Å². The molecule has 1 fully saturated rings. The maximum Gasteiger partial charge on any atom is 0.253 e. The van der Waals surface area contributed by atoms with Gasteiger partial charge >= 0.3 is 0 Å². The zero-order chi connectivity index (χ0) is 23.1. The van der Waals surface area contributed by atoms with Crippen LogP contribution in [0, 0.1) is 0 Å². The molecule has 3 aromatic carbocycles. The lowest BCUT2D eigenvalue weighted by molar-refractivity contribution is 0.0664. The van der Waals surface area contributed by atoms with E-state index in [1.54, 1.807) is 7.11 Å². The fourth-order valence-electron chi connectivity index (χ4n) is 4.79. The molecule has 1 aliphatic heterocycles. The first-order valence-corrected chi connectivity index (χ1v) is 11.2. The number of hydrogen-bond donors (Lipinski definition) is 1. The van der Waals surface area contributed by atoms with Gasteiger partial charge in [-0.3, -0.25) is 9.59 Å². The standard InChI is InChI=1S/C27H27N3O3/c1-29-8-10-30(11-9-29)27(32)19-7-6-18-13-24-23(22(18)14-19)15-20(16-25(24)26(28)31)17-4-3-5-21(12-17)33-2/h3-7,12,14-16H,8-11,13H2,1-2H3,(H2,28,31). The summed E-state index contributed by atoms with van der Waals surface area (Å²) in [5, 5.41) is 0. The SMILES string of the molecule is COc1cccc(-c2cc(C(N)=O)c3c(c2)-c2cc(C(=O)N4CCN(C)CC4)ccc2C3)c1. The van der Waals surface area contributed by atoms with Crippen LogP contribution in [0.1, 0.15) is 31.8 Å². The summed E-state index contributed by atoms with van der Waals surface area (Å²) < 4.78 is 5.37. The van der Waals surface area contributed by atoms with Gasteiger partial charge in [-0.15, -0.1) is 0 Å². The fourth-order valence-corrected chi connectivity index (χ4v) is 4.79. The molecule has 5 rings (SSSR count). The van der Waals surface area contributed by atoms with Gasteiger partial charge in [0.25, 0.3) is 5.91 Å². The molecule has 1 aliphatic carbocycles. The predicted octanol–water partition coefficient (Wildman–Crippen LogP) is 3.42. The van der Waals surface area contributed by atoms with Crippen LogP contribution < -0.4 is 10.5 Å². The van der Waals surface area contributed by atoms with Crippen molar-refractivity contribution in [1.82, 2.24) is 9.80 Å². The number of fused-ring (bicyclic) bond motifs is 3. The zero-order valence-electron chi connectivity index (χ0n) is 18.9. The van der Waals surface area contributed by atoms with E-state index in [9.17, 15) is 9.59 Å². The van der Waals surface area contributed by atoms with E-state index < -0.39 is 5.91 Å². The van der Waals surface area contributed by atoms with Crippen LogP contribution in [0.4, 0.5) is 0 Å². The highest BCUT2D eigenvalue weighted by Crippen LogP contribution is 2.42. The summed E-state index contributed by atoms with van der Waals surface area (Å²) in [6.45, 7) is 3.22. The Hall–Kier alpha value is -3.64. The number of ether oxygens (including phenoxy) is 1. The quantitative estimate of drug-likeness (QED) is 0.527. The highest BCUT2D eigenvalue weighted by atomic mass is 16.5. The maximum atomic E-state index is 13.2. The van der Waals surface area contributed by atoms with Crippen molar-refractivity contribution in [3.63, 3.8) is 0 Å². The molecule has 33 heavy (non-hydrogen) atoms. The molecule has 6 heteroatoms. The van der Waals surface area contributed by atoms with E-state index in [1.165, 1.54) is 0 Å². The van der Waals surface area contributed by atoms with Gasteiger partial charge in [0.05, 0.1) is 7.11 Å². The van der Waals surface area contributed by atoms with Crippen LogP contribution in [0.25, 0.3) is 22.3 Å². The lowest BCUT2D eigenvalue weighted by atomic mass is 9.93. The monoisotopic (exact) mass is 441 g/mol. The summed E-state index contributed by atoms with van der Waals surface area (Å²) in [7, 11) is 3.70. The minimum absolute atomic E-state index is 0.0541. The number of carbonyl (C=O) groups is 2. The van der Waals surface area contributed by atoms with Gasteiger partial charge in [-0.05, 0) is 83.2 Å². The van der Waals surface area contributed by atoms with Gasteiger partial charge in [-0.2, -0.15) is 0 Å². The largest absolute Gasteiger partial charge is 0.497 e. The van der Waals surface area contributed by atoms with Crippen LogP contribution >= 0.6 is 0 Å². The van der Waals surface area contributed by atoms with Gasteiger partial charge in [-0.1, -0.05) is 18.2 Å². The number of nitrogens with zero attached hydrogens (tertiary/aromatic N) is 2. The van der Waals surface area contributed by atoms with Crippen molar-refractivity contribution in [1.29, 1.82) is 0 Å². The highest BCUT2D eigenvalue weighted by Gasteiger charge is 2.27. The number of benzene rings is 3. The van der Waals surface area contributed by atoms with Crippen molar-refractivity contribution in [2.24, 2.45) is 5.73 Å². The Labute approximate surface area is 193 Å². The van der Waals surface area contributed by atoms with Crippen LogP contribution in [0.3, 0.4) is 0 Å². The molecular formula is C27H27N3O3. The Morgan fingerprint density at radius 1 is 0.909 bits per heavy atom. The molecular weight excluding hydrogens is 414 g/mol. The Bertz CT molecular complexity index is 1260. The molecule has 0 saturated carbocycles. The average molecular weight is 442 g/mol. The molecule has 1 saturated heterocycles. The van der Waals surface area contributed by atoms with Crippen molar-refractivity contribution >= 4 is 11.8 Å². The van der Waals surface area contributed by atoms with Gasteiger partial charge in [-0.25, -0.2) is 0 Å². The van der Waals surface area contributed by atoms with E-state index in [2.05, 4.69) is 18.0 Å². The Balaban J connectivity index is 1.57. The minimum atomic E-state index is -0.447. The van der Waals surface area contributed by atoms with Crippen molar-refractivity contribution in [3.05, 3.63) is 76.9 Å². The van der Waals surface area contributed by atoms with Crippen molar-refractivity contribution in [2.45, 2.75) is 6.42 Å². The minimum Gasteiger partial charge on any atom is -0.497 e. The van der Waals surface area contributed by atoms with Crippen molar-refractivity contribution in [3.8, 4) is 28.0 Å². The number of methoxy groups -OCH3 is 1. The second-order valence-corrected chi connectivity index (χ2v) is 8.79. The second kappa shape index (κ2) is 8.37. The van der Waals surface area contributed by atoms with Crippen LogP contribution in [-0.4, -0.2) is 62.0 Å². The number of nitrogens with two attached hydrogens (primary N) is 1. The fraction of sp³-hybridized carbons (Fsp3) is 0.259. The number of rotatable bonds is 4. The van der Waals surface area contributed by atoms with Gasteiger partial charge in [0, 0.05) is 37.3 Å². The topological polar surface area (TPSA) is 75.9 Å². The lowest BCUT2D eigenvalue weighted by Crippen LogP contribution is -2.47. The zero-order valence-corrected chi connectivity index (χ0v) is 18.9. The molecule has 168 valence electrons. The molecule has 6 nitrogen and oxygen atoms in total. The van der Waals surface area contributed by atoms with Gasteiger partial charge in [0.2, 0.25) is 5.91 Å². The first-order chi connectivity index (χ1) is 15.9. The van der Waals surface area contributed by atoms with E-state index in [-0.39, 0.29) is 5.91 Å². The second-order valence-electron chi connectivity index (χ2n) is 8.79. The smallest absolute Gasteiger partial charge is 0.253 e. The number of primary amides is 1. The normalized spacial score (nSPS) is 15.2. The van der Waals surface area contributed by atoms with Crippen LogP contribution in [0.2, 0.25) is 0 Å². The van der Waals surface area contributed by atoms with Gasteiger partial charge < -0.3 is 20.3 Å². The molecule has 0 spiro atoms. The molecule has 0 aromatic heterocycles. The summed E-state index contributed by atoms with van der Waals surface area (Å²) in [4.78, 5) is 29.7. The summed E-state index contributed by atoms with van der Waals surface area (Å²) >= 11 is 0. The highest BCUT2D eigenvalue weighted by molar-refractivity contribution is 6.01. The van der Waals surface area contributed by atoms with E-state index >= 15 is 0 Å². The summed E-state index contributed by atoms with van der Waals surface area (Å²) in [6.07, 6.45) is 0.629. The molecule has 2 amide bonds. The summed E-state index contributed by atoms with van der Waals surface area (Å²) in [5.41, 5.74) is 12.8. The third-order valence-corrected chi connectivity index (χ3v) is 6.72. The van der Waals surface area contributed by atoms with Crippen molar-refractivity contribution in [2.75, 3.05) is 40.3 Å². The predicted molar refractivity (Wildman–Crippen MR) is 129 cm³/mol. The molecule has 0 radical (unpaired) electrons. The Morgan fingerprint density at radius 3 is 2.42 bits per heavy atom. The number of piperazine rings is 1. The van der Waals surface area contributed by atoms with Crippen LogP contribution in [0.5, 0.6) is 5.75 Å². The third kappa shape index (κ3) is 3.87. The van der Waals surface area contributed by atoms with E-state index in [1.807, 2.05) is 53.4 Å². The number of amides is 2. The van der Waals surface area contributed by atoms with Gasteiger partial charge in [0.1, 0.15) is 5.75 Å². The van der Waals surface area contributed by atoms with Crippen LogP contribution in [-0.2, 0) is 6.42 Å². The molecule has 0 unspecified atom stereocenters. The van der Waals surface area contributed by atoms with E-state index in [0.717, 1.165) is 65.3 Å². The lowest BCUT2D eigenvalue weighted by Gasteiger charge is -2.32. The van der Waals surface area contributed by atoms with E-state index in [4.69, 9.17) is 10.5 Å². The first-order valence-electron chi connectivity index (χ1n) is 11.2. The molecule has 0 atom stereocenters. The number of carbonyl (C=O) groups excluding carboxylic acids is 2. The molecule has 2 N–H and O–H groups in total.